The topological polar surface area (TPSA) is 56.1 Å². The number of aryl methyl sites for hydroxylation is 1. The molecule has 0 radical (unpaired) electrons. The van der Waals surface area contributed by atoms with Gasteiger partial charge in [-0.25, -0.2) is 0 Å². The molecule has 1 aromatic heterocycles. The number of benzene rings is 1. The molecule has 1 N–H and O–H groups in total. The Hall–Kier alpha value is -1.57. The third kappa shape index (κ3) is 3.46. The van der Waals surface area contributed by atoms with Crippen LogP contribution in [0.15, 0.2) is 30.5 Å². The summed E-state index contributed by atoms with van der Waals surface area (Å²) in [6.45, 7) is 2.55. The maximum Gasteiger partial charge on any atom is 0.277 e. The Balaban J connectivity index is 2.08. The molecule has 0 bridgehead atoms. The lowest BCUT2D eigenvalue weighted by atomic mass is 10.3. The Bertz CT molecular complexity index is 578. The summed E-state index contributed by atoms with van der Waals surface area (Å²) in [6, 6.07) is 7.25. The highest BCUT2D eigenvalue weighted by Gasteiger charge is 2.14. The number of aromatic nitrogens is 2. The molecule has 19 heavy (non-hydrogen) atoms. The van der Waals surface area contributed by atoms with E-state index in [2.05, 4.69) is 33.0 Å². The fourth-order valence-electron chi connectivity index (χ4n) is 1.60. The van der Waals surface area contributed by atoms with Gasteiger partial charge in [0, 0.05) is 18.9 Å². The molecule has 100 valence electrons. The van der Waals surface area contributed by atoms with E-state index in [9.17, 15) is 4.79 Å². The molecule has 0 aliphatic rings. The highest BCUT2D eigenvalue weighted by Crippen LogP contribution is 2.17. The van der Waals surface area contributed by atoms with Crippen molar-refractivity contribution < 1.29 is 9.53 Å². The fourth-order valence-corrected chi connectivity index (χ4v) is 2.36. The molecule has 0 saturated carbocycles. The highest BCUT2D eigenvalue weighted by atomic mass is 127. The molecule has 0 fully saturated rings. The molecular weight excluding hydrogens is 357 g/mol. The molecule has 0 unspecified atom stereocenters. The van der Waals surface area contributed by atoms with Gasteiger partial charge < -0.3 is 10.1 Å². The van der Waals surface area contributed by atoms with Crippen molar-refractivity contribution in [2.75, 3.05) is 11.9 Å². The summed E-state index contributed by atoms with van der Waals surface area (Å²) in [6.07, 6.45) is 1.80. The van der Waals surface area contributed by atoms with Gasteiger partial charge in [-0.3, -0.25) is 9.48 Å². The van der Waals surface area contributed by atoms with Crippen LogP contribution < -0.4 is 10.1 Å². The minimum Gasteiger partial charge on any atom is -0.494 e. The summed E-state index contributed by atoms with van der Waals surface area (Å²) < 4.78 is 7.79. The largest absolute Gasteiger partial charge is 0.494 e. The van der Waals surface area contributed by atoms with E-state index in [-0.39, 0.29) is 5.91 Å². The minimum atomic E-state index is -0.214. The first-order valence-electron chi connectivity index (χ1n) is 5.83. The Morgan fingerprint density at radius 2 is 2.11 bits per heavy atom. The van der Waals surface area contributed by atoms with Gasteiger partial charge >= 0.3 is 0 Å². The second kappa shape index (κ2) is 6.05. The summed E-state index contributed by atoms with van der Waals surface area (Å²) >= 11 is 2.09. The van der Waals surface area contributed by atoms with Crippen molar-refractivity contribution >= 4 is 34.2 Å². The average Bonchev–Trinajstić information content (AvgIpc) is 2.71. The van der Waals surface area contributed by atoms with E-state index in [1.54, 1.807) is 30.1 Å². The predicted molar refractivity (Wildman–Crippen MR) is 81.5 cm³/mol. The molecule has 1 aromatic carbocycles. The zero-order valence-electron chi connectivity index (χ0n) is 10.7. The van der Waals surface area contributed by atoms with Gasteiger partial charge in [-0.15, -0.1) is 0 Å². The molecule has 2 aromatic rings. The first kappa shape index (κ1) is 13.9. The maximum absolute atomic E-state index is 12.0. The van der Waals surface area contributed by atoms with Gasteiger partial charge in [-0.2, -0.15) is 5.10 Å². The molecule has 0 atom stereocenters. The predicted octanol–water partition coefficient (Wildman–Crippen LogP) is 2.68. The van der Waals surface area contributed by atoms with Gasteiger partial charge in [-0.1, -0.05) is 0 Å². The highest BCUT2D eigenvalue weighted by molar-refractivity contribution is 14.1. The zero-order chi connectivity index (χ0) is 13.8. The van der Waals surface area contributed by atoms with E-state index in [0.717, 1.165) is 15.0 Å². The number of rotatable bonds is 4. The summed E-state index contributed by atoms with van der Waals surface area (Å²) in [5.41, 5.74) is 1.15. The number of anilines is 1. The van der Waals surface area contributed by atoms with Crippen LogP contribution in [0.3, 0.4) is 0 Å². The van der Waals surface area contributed by atoms with Crippen molar-refractivity contribution in [3.05, 3.63) is 39.7 Å². The van der Waals surface area contributed by atoms with Crippen molar-refractivity contribution in [2.45, 2.75) is 6.92 Å². The molecular formula is C13H14IN3O2. The van der Waals surface area contributed by atoms with E-state index >= 15 is 0 Å². The number of nitrogens with one attached hydrogen (secondary N) is 1. The third-order valence-electron chi connectivity index (χ3n) is 2.42. The van der Waals surface area contributed by atoms with Crippen LogP contribution in [0.2, 0.25) is 0 Å². The van der Waals surface area contributed by atoms with E-state index < -0.39 is 0 Å². The molecule has 0 aliphatic heterocycles. The molecule has 6 heteroatoms. The number of halogens is 1. The number of hydrogen-bond acceptors (Lipinski definition) is 3. The SMILES string of the molecule is CCOc1ccc(NC(=O)c2nn(C)cc2I)cc1. The van der Waals surface area contributed by atoms with Crippen LogP contribution in [0.4, 0.5) is 5.69 Å². The van der Waals surface area contributed by atoms with Crippen LogP contribution in [0.1, 0.15) is 17.4 Å². The third-order valence-corrected chi connectivity index (χ3v) is 3.21. The smallest absolute Gasteiger partial charge is 0.277 e. The number of hydrogen-bond donors (Lipinski definition) is 1. The van der Waals surface area contributed by atoms with E-state index in [4.69, 9.17) is 4.74 Å². The Morgan fingerprint density at radius 3 is 2.63 bits per heavy atom. The van der Waals surface area contributed by atoms with Crippen molar-refractivity contribution in [2.24, 2.45) is 7.05 Å². The lowest BCUT2D eigenvalue weighted by Gasteiger charge is -2.06. The second-order valence-corrected chi connectivity index (χ2v) is 5.07. The van der Waals surface area contributed by atoms with Gasteiger partial charge in [0.25, 0.3) is 5.91 Å². The Morgan fingerprint density at radius 1 is 1.42 bits per heavy atom. The minimum absolute atomic E-state index is 0.214. The summed E-state index contributed by atoms with van der Waals surface area (Å²) in [7, 11) is 1.79. The normalized spacial score (nSPS) is 10.3. The first-order chi connectivity index (χ1) is 9.10. The van der Waals surface area contributed by atoms with E-state index in [1.807, 2.05) is 19.1 Å². The van der Waals surface area contributed by atoms with Crippen molar-refractivity contribution in [1.82, 2.24) is 9.78 Å². The van der Waals surface area contributed by atoms with Crippen molar-refractivity contribution in [1.29, 1.82) is 0 Å². The van der Waals surface area contributed by atoms with Gasteiger partial charge in [0.15, 0.2) is 5.69 Å². The van der Waals surface area contributed by atoms with Gasteiger partial charge in [-0.05, 0) is 53.8 Å². The fraction of sp³-hybridized carbons (Fsp3) is 0.231. The summed E-state index contributed by atoms with van der Waals surface area (Å²) in [5, 5.41) is 6.93. The van der Waals surface area contributed by atoms with Crippen molar-refractivity contribution in [3.63, 3.8) is 0 Å². The molecule has 0 aliphatic carbocycles. The summed E-state index contributed by atoms with van der Waals surface area (Å²) in [4.78, 5) is 12.0. The average molecular weight is 371 g/mol. The molecule has 0 spiro atoms. The van der Waals surface area contributed by atoms with Gasteiger partial charge in [0.2, 0.25) is 0 Å². The number of amides is 1. The number of ether oxygens (including phenoxy) is 1. The van der Waals surface area contributed by atoms with Crippen LogP contribution in [0, 0.1) is 3.57 Å². The Labute approximate surface area is 125 Å². The molecule has 1 amide bonds. The van der Waals surface area contributed by atoms with Crippen LogP contribution in [0.5, 0.6) is 5.75 Å². The molecule has 1 heterocycles. The number of carbonyl (C=O) groups is 1. The van der Waals surface area contributed by atoms with E-state index in [1.165, 1.54) is 0 Å². The molecule has 2 rings (SSSR count). The van der Waals surface area contributed by atoms with Crippen LogP contribution >= 0.6 is 22.6 Å². The van der Waals surface area contributed by atoms with Crippen LogP contribution in [0.25, 0.3) is 0 Å². The lowest BCUT2D eigenvalue weighted by molar-refractivity contribution is 0.102. The lowest BCUT2D eigenvalue weighted by Crippen LogP contribution is -2.14. The van der Waals surface area contributed by atoms with Crippen LogP contribution in [-0.4, -0.2) is 22.3 Å². The van der Waals surface area contributed by atoms with Crippen LogP contribution in [-0.2, 0) is 7.05 Å². The molecule has 5 nitrogen and oxygen atoms in total. The molecule has 0 saturated heterocycles. The van der Waals surface area contributed by atoms with Gasteiger partial charge in [0.1, 0.15) is 5.75 Å². The van der Waals surface area contributed by atoms with Crippen molar-refractivity contribution in [3.8, 4) is 5.75 Å². The second-order valence-electron chi connectivity index (χ2n) is 3.91. The first-order valence-corrected chi connectivity index (χ1v) is 6.91. The monoisotopic (exact) mass is 371 g/mol. The quantitative estimate of drug-likeness (QED) is 0.841. The number of nitrogens with zero attached hydrogens (tertiary/aromatic N) is 2. The van der Waals surface area contributed by atoms with E-state index in [0.29, 0.717) is 12.3 Å². The summed E-state index contributed by atoms with van der Waals surface area (Å²) in [5.74, 6) is 0.571. The Kier molecular flexibility index (Phi) is 4.41. The maximum atomic E-state index is 12.0. The van der Waals surface area contributed by atoms with Gasteiger partial charge in [0.05, 0.1) is 10.2 Å². The standard InChI is InChI=1S/C13H14IN3O2/c1-3-19-10-6-4-9(5-7-10)15-13(18)12-11(14)8-17(2)16-12/h4-8H,3H2,1-2H3,(H,15,18). The zero-order valence-corrected chi connectivity index (χ0v) is 12.8. The number of carbonyl (C=O) groups excluding carboxylic acids is 1.